The summed E-state index contributed by atoms with van der Waals surface area (Å²) in [5.74, 6) is 0. The molecule has 0 unspecified atom stereocenters. The Hall–Kier alpha value is -2.68. The molecule has 0 fully saturated rings. The van der Waals surface area contributed by atoms with Crippen LogP contribution in [0.15, 0.2) is 49.9 Å². The molecule has 0 aliphatic rings. The minimum atomic E-state index is 0.546. The van der Waals surface area contributed by atoms with Crippen LogP contribution in [0.5, 0.6) is 0 Å². The van der Waals surface area contributed by atoms with E-state index in [1.54, 1.807) is 48.2 Å². The Bertz CT molecular complexity index is 241. The molecule has 0 N–H and O–H groups in total. The summed E-state index contributed by atoms with van der Waals surface area (Å²) < 4.78 is 0. The molecule has 23 heavy (non-hydrogen) atoms. The van der Waals surface area contributed by atoms with Gasteiger partial charge < -0.3 is 25.0 Å². The van der Waals surface area contributed by atoms with Gasteiger partial charge in [-0.3, -0.25) is 0 Å². The molecule has 0 saturated carbocycles. The Morgan fingerprint density at radius 1 is 0.783 bits per heavy atom. The van der Waals surface area contributed by atoms with Crippen LogP contribution in [0.25, 0.3) is 4.85 Å². The second-order valence-electron chi connectivity index (χ2n) is 2.84. The van der Waals surface area contributed by atoms with E-state index < -0.39 is 0 Å². The molecule has 0 aromatic heterocycles. The van der Waals surface area contributed by atoms with Gasteiger partial charge in [-0.1, -0.05) is 12.7 Å². The monoisotopic (exact) mass is 324 g/mol. The Morgan fingerprint density at radius 2 is 0.826 bits per heavy atom. The van der Waals surface area contributed by atoms with Gasteiger partial charge in [0.05, 0.1) is 6.57 Å². The van der Waals surface area contributed by atoms with Gasteiger partial charge in [-0.25, -0.2) is 4.85 Å². The van der Waals surface area contributed by atoms with Crippen LogP contribution < -0.4 is 0 Å². The van der Waals surface area contributed by atoms with E-state index in [2.05, 4.69) is 76.6 Å². The van der Waals surface area contributed by atoms with Crippen molar-refractivity contribution in [3.63, 3.8) is 0 Å². The fourth-order valence-electron chi connectivity index (χ4n) is 0. The zero-order valence-corrected chi connectivity index (χ0v) is 16.2. The van der Waals surface area contributed by atoms with Gasteiger partial charge in [0.25, 0.3) is 0 Å². The second-order valence-corrected chi connectivity index (χ2v) is 2.84. The molecule has 134 valence electrons. The second kappa shape index (κ2) is 121. The topological polar surface area (TPSA) is 66.2 Å². The number of nitrogens with zero attached hydrogens (tertiary/aromatic N) is 6. The molecule has 0 heterocycles. The van der Waals surface area contributed by atoms with E-state index in [4.69, 9.17) is 6.57 Å². The lowest BCUT2D eigenvalue weighted by atomic mass is 10.6. The number of aliphatic imine (C=N–C) groups is 5. The fourth-order valence-corrected chi connectivity index (χ4v) is 0. The van der Waals surface area contributed by atoms with Crippen molar-refractivity contribution in [1.29, 1.82) is 0 Å². The average molecular weight is 325 g/mol. The molecule has 0 amide bonds. The third-order valence-corrected chi connectivity index (χ3v) is 0.191. The summed E-state index contributed by atoms with van der Waals surface area (Å²) >= 11 is 0. The molecule has 0 atom stereocenters. The summed E-state index contributed by atoms with van der Waals surface area (Å²) in [5, 5.41) is 0. The average Bonchev–Trinajstić information content (AvgIpc) is 2.44. The Balaban J connectivity index is -0.0000000263. The molecule has 0 bridgehead atoms. The third kappa shape index (κ3) is 12500. The molecule has 0 aliphatic heterocycles. The fraction of sp³-hybridized carbons (Fsp3) is 0.412. The summed E-state index contributed by atoms with van der Waals surface area (Å²) in [6, 6.07) is 0. The normalized spacial score (nSPS) is 4.61. The lowest BCUT2D eigenvalue weighted by Gasteiger charge is -1.63. The van der Waals surface area contributed by atoms with Crippen LogP contribution in [0.2, 0.25) is 0 Å². The highest BCUT2D eigenvalue weighted by Crippen LogP contribution is 1.81. The quantitative estimate of drug-likeness (QED) is 0.364. The van der Waals surface area contributed by atoms with Crippen LogP contribution in [0.3, 0.4) is 0 Å². The third-order valence-electron chi connectivity index (χ3n) is 0.191. The molecule has 6 nitrogen and oxygen atoms in total. The molecule has 0 spiro atoms. The van der Waals surface area contributed by atoms with Gasteiger partial charge >= 0.3 is 0 Å². The minimum absolute atomic E-state index is 0.546. The summed E-state index contributed by atoms with van der Waals surface area (Å²) in [5.41, 5.74) is 0.546. The minimum Gasteiger partial charge on any atom is -0.304 e. The van der Waals surface area contributed by atoms with Gasteiger partial charge in [0, 0.05) is 35.2 Å². The molecule has 0 aromatic carbocycles. The van der Waals surface area contributed by atoms with Crippen LogP contribution in [0.1, 0.15) is 13.8 Å². The highest BCUT2D eigenvalue weighted by Gasteiger charge is 1.64. The van der Waals surface area contributed by atoms with E-state index in [1.807, 2.05) is 6.92 Å². The van der Waals surface area contributed by atoms with Crippen molar-refractivity contribution in [2.45, 2.75) is 13.8 Å². The van der Waals surface area contributed by atoms with Gasteiger partial charge in [-0.2, -0.15) is 0 Å². The maximum absolute atomic E-state index is 6.18. The van der Waals surface area contributed by atoms with Gasteiger partial charge in [-0.05, 0) is 47.4 Å². The SMILES string of the molecule is C=CC.C=NC.C=NC.C=NC.C=NC.C=NC.[C-]#[N+]C(=C)C. The lowest BCUT2D eigenvalue weighted by molar-refractivity contribution is 1.49. The number of hydrogen-bond acceptors (Lipinski definition) is 5. The molecule has 0 aliphatic carbocycles. The summed E-state index contributed by atoms with van der Waals surface area (Å²) in [6.45, 7) is 32.0. The first kappa shape index (κ1) is 42.7. The Labute approximate surface area is 144 Å². The van der Waals surface area contributed by atoms with Crippen molar-refractivity contribution >= 4 is 33.6 Å². The highest BCUT2D eigenvalue weighted by atomic mass is 14.6. The molecular weight excluding hydrogens is 288 g/mol. The summed E-state index contributed by atoms with van der Waals surface area (Å²) in [6.07, 6.45) is 1.75. The number of rotatable bonds is 0. The standard InChI is InChI=1S/C4H5N.C3H6.5C2H5N/c1-4(2)5-3;6*1-3-2/h1H2,2H3;3H,1H2,2H3;5*1H2,2H3. The van der Waals surface area contributed by atoms with Crippen molar-refractivity contribution in [3.8, 4) is 0 Å². The molecule has 0 radical (unpaired) electrons. The first-order valence-electron chi connectivity index (χ1n) is 6.10. The van der Waals surface area contributed by atoms with E-state index in [0.29, 0.717) is 5.70 Å². The largest absolute Gasteiger partial charge is 0.304 e. The molecule has 0 saturated heterocycles. The predicted octanol–water partition coefficient (Wildman–Crippen LogP) is 4.22. The number of hydrogen-bond donors (Lipinski definition) is 0. The highest BCUT2D eigenvalue weighted by molar-refractivity contribution is 5.22. The van der Waals surface area contributed by atoms with Crippen LogP contribution in [0.4, 0.5) is 0 Å². The van der Waals surface area contributed by atoms with Gasteiger partial charge in [0.15, 0.2) is 5.70 Å². The van der Waals surface area contributed by atoms with Crippen LogP contribution in [-0.4, -0.2) is 68.8 Å². The molecule has 0 aromatic rings. The van der Waals surface area contributed by atoms with Crippen LogP contribution in [0, 0.1) is 6.57 Å². The zero-order chi connectivity index (χ0) is 20.5. The first-order valence-corrected chi connectivity index (χ1v) is 6.10. The van der Waals surface area contributed by atoms with Crippen molar-refractivity contribution in [2.75, 3.05) is 35.2 Å². The zero-order valence-electron chi connectivity index (χ0n) is 16.2. The van der Waals surface area contributed by atoms with Crippen LogP contribution >= 0.6 is 0 Å². The van der Waals surface area contributed by atoms with Gasteiger partial charge in [0.2, 0.25) is 0 Å². The van der Waals surface area contributed by atoms with E-state index in [9.17, 15) is 0 Å². The predicted molar refractivity (Wildman–Crippen MR) is 115 cm³/mol. The van der Waals surface area contributed by atoms with Crippen LogP contribution in [-0.2, 0) is 0 Å². The Kier molecular flexibility index (Phi) is 225. The van der Waals surface area contributed by atoms with Crippen molar-refractivity contribution < 1.29 is 0 Å². The smallest absolute Gasteiger partial charge is 0.155 e. The van der Waals surface area contributed by atoms with E-state index in [-0.39, 0.29) is 0 Å². The summed E-state index contributed by atoms with van der Waals surface area (Å²) in [4.78, 5) is 19.2. The maximum Gasteiger partial charge on any atom is 0.155 e. The lowest BCUT2D eigenvalue weighted by Crippen LogP contribution is -1.44. The van der Waals surface area contributed by atoms with Crippen molar-refractivity contribution in [1.82, 2.24) is 0 Å². The van der Waals surface area contributed by atoms with E-state index in [0.717, 1.165) is 0 Å². The molecule has 0 rings (SSSR count). The Morgan fingerprint density at radius 3 is 0.826 bits per heavy atom. The van der Waals surface area contributed by atoms with E-state index >= 15 is 0 Å². The van der Waals surface area contributed by atoms with Gasteiger partial charge in [0.1, 0.15) is 0 Å². The van der Waals surface area contributed by atoms with Crippen molar-refractivity contribution in [2.24, 2.45) is 25.0 Å². The number of allylic oxidation sites excluding steroid dienone is 2. The first-order chi connectivity index (χ1) is 10.8. The molecular formula is C17H36N6. The summed E-state index contributed by atoms with van der Waals surface area (Å²) in [7, 11) is 8.19. The van der Waals surface area contributed by atoms with Crippen molar-refractivity contribution in [3.05, 3.63) is 36.3 Å². The maximum atomic E-state index is 6.18. The molecule has 6 heteroatoms. The van der Waals surface area contributed by atoms with Gasteiger partial charge in [-0.15, -0.1) is 6.58 Å². The van der Waals surface area contributed by atoms with E-state index in [1.165, 1.54) is 0 Å².